The fourth-order valence-electron chi connectivity index (χ4n) is 3.96. The molecule has 1 saturated carbocycles. The van der Waals surface area contributed by atoms with Gasteiger partial charge >= 0.3 is 0 Å². The van der Waals surface area contributed by atoms with Gasteiger partial charge in [-0.05, 0) is 43.2 Å². The van der Waals surface area contributed by atoms with Crippen molar-refractivity contribution in [1.29, 1.82) is 0 Å². The average molecular weight is 313 g/mol. The van der Waals surface area contributed by atoms with E-state index in [0.29, 0.717) is 5.92 Å². The first-order valence-corrected chi connectivity index (χ1v) is 8.07. The fourth-order valence-corrected chi connectivity index (χ4v) is 4.20. The molecule has 2 atom stereocenters. The highest BCUT2D eigenvalue weighted by Crippen LogP contribution is 2.46. The van der Waals surface area contributed by atoms with Crippen LogP contribution in [0, 0.1) is 11.7 Å². The number of hydrogen-bond donors (Lipinski definition) is 2. The number of ether oxygens (including phenoxy) is 1. The quantitative estimate of drug-likeness (QED) is 0.660. The molecule has 2 unspecified atom stereocenters. The Labute approximate surface area is 130 Å². The second-order valence-corrected chi connectivity index (χ2v) is 6.66. The predicted molar refractivity (Wildman–Crippen MR) is 81.3 cm³/mol. The summed E-state index contributed by atoms with van der Waals surface area (Å²) in [4.78, 5) is 0. The van der Waals surface area contributed by atoms with E-state index in [2.05, 4.69) is 5.43 Å². The van der Waals surface area contributed by atoms with Crippen molar-refractivity contribution >= 4 is 11.6 Å². The van der Waals surface area contributed by atoms with E-state index in [1.54, 1.807) is 6.07 Å². The standard InChI is InChI=1S/C16H22ClFN2O/c17-14-12(4-3-5-13(14)18)15(20-19)11-6-9-21-16(10-11)7-1-2-8-16/h3-5,11,15,20H,1-2,6-10,19H2. The lowest BCUT2D eigenvalue weighted by Gasteiger charge is -2.41. The first-order chi connectivity index (χ1) is 10.2. The summed E-state index contributed by atoms with van der Waals surface area (Å²) in [5.74, 6) is 5.70. The van der Waals surface area contributed by atoms with Gasteiger partial charge in [-0.3, -0.25) is 11.3 Å². The van der Waals surface area contributed by atoms with E-state index in [4.69, 9.17) is 22.2 Å². The maximum Gasteiger partial charge on any atom is 0.142 e. The van der Waals surface area contributed by atoms with E-state index < -0.39 is 5.82 Å². The van der Waals surface area contributed by atoms with Gasteiger partial charge in [-0.1, -0.05) is 36.6 Å². The third-order valence-electron chi connectivity index (χ3n) is 5.01. The topological polar surface area (TPSA) is 47.3 Å². The van der Waals surface area contributed by atoms with Crippen LogP contribution in [0.3, 0.4) is 0 Å². The number of benzene rings is 1. The summed E-state index contributed by atoms with van der Waals surface area (Å²) in [6, 6.07) is 4.79. The highest BCUT2D eigenvalue weighted by Gasteiger charge is 2.42. The van der Waals surface area contributed by atoms with Gasteiger partial charge in [-0.15, -0.1) is 0 Å². The Hall–Kier alpha value is -0.680. The highest BCUT2D eigenvalue weighted by molar-refractivity contribution is 6.31. The molecule has 1 aromatic rings. The Morgan fingerprint density at radius 3 is 2.86 bits per heavy atom. The Bertz CT molecular complexity index is 505. The molecule has 1 spiro atoms. The molecule has 0 radical (unpaired) electrons. The molecule has 5 heteroatoms. The maximum absolute atomic E-state index is 13.7. The van der Waals surface area contributed by atoms with Gasteiger partial charge in [0.05, 0.1) is 16.7 Å². The van der Waals surface area contributed by atoms with E-state index >= 15 is 0 Å². The molecule has 116 valence electrons. The average Bonchev–Trinajstić information content (AvgIpc) is 2.92. The van der Waals surface area contributed by atoms with Crippen LogP contribution >= 0.6 is 11.6 Å². The Balaban J connectivity index is 1.84. The van der Waals surface area contributed by atoms with Crippen molar-refractivity contribution in [3.05, 3.63) is 34.6 Å². The van der Waals surface area contributed by atoms with Crippen LogP contribution < -0.4 is 11.3 Å². The first kappa shape index (κ1) is 15.2. The molecular formula is C16H22ClFN2O. The van der Waals surface area contributed by atoms with E-state index in [9.17, 15) is 4.39 Å². The van der Waals surface area contributed by atoms with Crippen LogP contribution in [-0.2, 0) is 4.74 Å². The van der Waals surface area contributed by atoms with Gasteiger partial charge < -0.3 is 4.74 Å². The Morgan fingerprint density at radius 1 is 1.38 bits per heavy atom. The third-order valence-corrected chi connectivity index (χ3v) is 5.41. The number of hydrogen-bond acceptors (Lipinski definition) is 3. The van der Waals surface area contributed by atoms with Gasteiger partial charge in [-0.25, -0.2) is 4.39 Å². The van der Waals surface area contributed by atoms with Gasteiger partial charge in [0.25, 0.3) is 0 Å². The second-order valence-electron chi connectivity index (χ2n) is 6.28. The smallest absolute Gasteiger partial charge is 0.142 e. The number of hydrazine groups is 1. The van der Waals surface area contributed by atoms with Gasteiger partial charge in [0.1, 0.15) is 5.82 Å². The van der Waals surface area contributed by atoms with Crippen molar-refractivity contribution in [3.8, 4) is 0 Å². The van der Waals surface area contributed by atoms with Crippen molar-refractivity contribution in [2.24, 2.45) is 11.8 Å². The molecule has 1 aromatic carbocycles. The third kappa shape index (κ3) is 2.95. The molecule has 0 amide bonds. The number of nitrogens with two attached hydrogens (primary N) is 1. The van der Waals surface area contributed by atoms with Crippen LogP contribution in [0.1, 0.15) is 50.1 Å². The van der Waals surface area contributed by atoms with Gasteiger partial charge in [0.15, 0.2) is 0 Å². The lowest BCUT2D eigenvalue weighted by molar-refractivity contribution is -0.0982. The van der Waals surface area contributed by atoms with E-state index in [1.807, 2.05) is 6.07 Å². The number of halogens is 2. The maximum atomic E-state index is 13.7. The van der Waals surface area contributed by atoms with E-state index in [1.165, 1.54) is 18.9 Å². The minimum atomic E-state index is -0.392. The minimum absolute atomic E-state index is 0.0117. The van der Waals surface area contributed by atoms with Crippen molar-refractivity contribution in [3.63, 3.8) is 0 Å². The van der Waals surface area contributed by atoms with Crippen molar-refractivity contribution in [2.45, 2.75) is 50.2 Å². The van der Waals surface area contributed by atoms with Crippen LogP contribution in [0.15, 0.2) is 18.2 Å². The Kier molecular flexibility index (Phi) is 4.50. The molecule has 2 aliphatic rings. The summed E-state index contributed by atoms with van der Waals surface area (Å²) in [7, 11) is 0. The summed E-state index contributed by atoms with van der Waals surface area (Å²) in [5.41, 5.74) is 3.62. The van der Waals surface area contributed by atoms with Crippen LogP contribution in [-0.4, -0.2) is 12.2 Å². The molecule has 1 heterocycles. The molecule has 1 aliphatic heterocycles. The zero-order valence-electron chi connectivity index (χ0n) is 12.1. The van der Waals surface area contributed by atoms with E-state index in [-0.39, 0.29) is 16.7 Å². The summed E-state index contributed by atoms with van der Waals surface area (Å²) in [6.07, 6.45) is 6.59. The van der Waals surface area contributed by atoms with Crippen LogP contribution in [0.5, 0.6) is 0 Å². The molecule has 2 fully saturated rings. The zero-order chi connectivity index (χ0) is 14.9. The lowest BCUT2D eigenvalue weighted by atomic mass is 9.78. The molecular weight excluding hydrogens is 291 g/mol. The number of rotatable bonds is 3. The molecule has 0 bridgehead atoms. The molecule has 1 aliphatic carbocycles. The highest BCUT2D eigenvalue weighted by atomic mass is 35.5. The molecule has 1 saturated heterocycles. The summed E-state index contributed by atoms with van der Waals surface area (Å²) >= 11 is 6.14. The molecule has 0 aromatic heterocycles. The summed E-state index contributed by atoms with van der Waals surface area (Å²) in [5, 5.41) is 0.174. The molecule has 3 nitrogen and oxygen atoms in total. The lowest BCUT2D eigenvalue weighted by Crippen LogP contribution is -2.43. The Morgan fingerprint density at radius 2 is 2.14 bits per heavy atom. The SMILES string of the molecule is NNC(c1cccc(F)c1Cl)C1CCOC2(CCCC2)C1. The zero-order valence-corrected chi connectivity index (χ0v) is 12.8. The van der Waals surface area contributed by atoms with Gasteiger partial charge in [-0.2, -0.15) is 0 Å². The van der Waals surface area contributed by atoms with E-state index in [0.717, 1.165) is 37.9 Å². The largest absolute Gasteiger partial charge is 0.375 e. The van der Waals surface area contributed by atoms with Crippen LogP contribution in [0.4, 0.5) is 4.39 Å². The van der Waals surface area contributed by atoms with Crippen molar-refractivity contribution in [2.75, 3.05) is 6.61 Å². The summed E-state index contributed by atoms with van der Waals surface area (Å²) in [6.45, 7) is 0.746. The van der Waals surface area contributed by atoms with Crippen LogP contribution in [0.2, 0.25) is 5.02 Å². The molecule has 3 N–H and O–H groups in total. The van der Waals surface area contributed by atoms with Gasteiger partial charge in [0.2, 0.25) is 0 Å². The second kappa shape index (κ2) is 6.21. The van der Waals surface area contributed by atoms with Crippen molar-refractivity contribution in [1.82, 2.24) is 5.43 Å². The first-order valence-electron chi connectivity index (χ1n) is 7.69. The molecule has 3 rings (SSSR count). The summed E-state index contributed by atoms with van der Waals surface area (Å²) < 4.78 is 19.8. The monoisotopic (exact) mass is 312 g/mol. The van der Waals surface area contributed by atoms with Gasteiger partial charge in [0, 0.05) is 6.61 Å². The molecule has 21 heavy (non-hydrogen) atoms. The fraction of sp³-hybridized carbons (Fsp3) is 0.625. The number of nitrogens with one attached hydrogen (secondary N) is 1. The normalized spacial score (nSPS) is 26.1. The predicted octanol–water partition coefficient (Wildman–Crippen LogP) is 3.72. The van der Waals surface area contributed by atoms with Crippen molar-refractivity contribution < 1.29 is 9.13 Å². The van der Waals surface area contributed by atoms with Crippen LogP contribution in [0.25, 0.3) is 0 Å². The minimum Gasteiger partial charge on any atom is -0.375 e.